The molecule has 7 nitrogen and oxygen atoms in total. The number of aryl methyl sites for hydroxylation is 1. The van der Waals surface area contributed by atoms with Gasteiger partial charge in [-0.05, 0) is 44.2 Å². The van der Waals surface area contributed by atoms with Gasteiger partial charge in [0.05, 0.1) is 5.69 Å². The lowest BCUT2D eigenvalue weighted by molar-refractivity contribution is -0.0493. The Kier molecular flexibility index (Phi) is 7.70. The summed E-state index contributed by atoms with van der Waals surface area (Å²) in [6, 6.07) is 4.47. The molecule has 0 bridgehead atoms. The number of ether oxygens (including phenoxy) is 1. The molecule has 9 heteroatoms. The van der Waals surface area contributed by atoms with E-state index >= 15 is 0 Å². The number of amides is 4. The number of carbonyl (C=O) groups is 2. The lowest BCUT2D eigenvalue weighted by Crippen LogP contribution is -2.51. The van der Waals surface area contributed by atoms with E-state index in [9.17, 15) is 18.4 Å². The number of likely N-dealkylation sites (tertiary alicyclic amines) is 1. The fraction of sp³-hybridized carbons (Fsp3) is 0.619. The van der Waals surface area contributed by atoms with Crippen LogP contribution >= 0.6 is 0 Å². The minimum absolute atomic E-state index is 0.00818. The average molecular weight is 424 g/mol. The van der Waals surface area contributed by atoms with Crippen molar-refractivity contribution in [2.75, 3.05) is 18.4 Å². The Morgan fingerprint density at radius 1 is 1.03 bits per heavy atom. The summed E-state index contributed by atoms with van der Waals surface area (Å²) in [5.74, 6) is -0.0608. The van der Waals surface area contributed by atoms with Crippen molar-refractivity contribution in [2.45, 2.75) is 70.6 Å². The second-order valence-electron chi connectivity index (χ2n) is 7.97. The third-order valence-electron chi connectivity index (χ3n) is 5.74. The molecule has 2 fully saturated rings. The van der Waals surface area contributed by atoms with E-state index in [1.807, 2.05) is 0 Å². The van der Waals surface area contributed by atoms with E-state index in [1.165, 1.54) is 12.5 Å². The van der Waals surface area contributed by atoms with Crippen LogP contribution in [0.1, 0.15) is 50.5 Å². The maximum absolute atomic E-state index is 12.6. The van der Waals surface area contributed by atoms with Gasteiger partial charge in [-0.15, -0.1) is 0 Å². The molecule has 3 N–H and O–H groups in total. The molecule has 0 atom stereocenters. The maximum atomic E-state index is 12.6. The summed E-state index contributed by atoms with van der Waals surface area (Å²) in [5.41, 5.74) is 0.882. The molecule has 3 rings (SSSR count). The highest BCUT2D eigenvalue weighted by atomic mass is 19.3. The van der Waals surface area contributed by atoms with Gasteiger partial charge in [0.2, 0.25) is 0 Å². The highest BCUT2D eigenvalue weighted by Crippen LogP contribution is 2.30. The summed E-state index contributed by atoms with van der Waals surface area (Å²) < 4.78 is 29.8. The molecule has 1 aliphatic carbocycles. The number of halogens is 2. The van der Waals surface area contributed by atoms with E-state index in [4.69, 9.17) is 0 Å². The maximum Gasteiger partial charge on any atom is 0.387 e. The molecule has 1 heterocycles. The van der Waals surface area contributed by atoms with Crippen molar-refractivity contribution in [1.82, 2.24) is 15.5 Å². The highest BCUT2D eigenvalue weighted by molar-refractivity contribution is 5.92. The number of hydrogen-bond acceptors (Lipinski definition) is 3. The summed E-state index contributed by atoms with van der Waals surface area (Å²) in [7, 11) is 0. The van der Waals surface area contributed by atoms with Gasteiger partial charge < -0.3 is 25.6 Å². The number of carbonyl (C=O) groups excluding carboxylic acids is 2. The average Bonchev–Trinajstić information content (AvgIpc) is 2.71. The van der Waals surface area contributed by atoms with Crippen LogP contribution in [0, 0.1) is 6.92 Å². The van der Waals surface area contributed by atoms with Crippen molar-refractivity contribution in [2.24, 2.45) is 0 Å². The van der Waals surface area contributed by atoms with E-state index in [0.717, 1.165) is 25.7 Å². The number of nitrogens with zero attached hydrogens (tertiary/aromatic N) is 1. The van der Waals surface area contributed by atoms with Crippen LogP contribution in [0.4, 0.5) is 24.1 Å². The zero-order valence-electron chi connectivity index (χ0n) is 17.3. The molecule has 4 amide bonds. The summed E-state index contributed by atoms with van der Waals surface area (Å²) in [5, 5.41) is 8.74. The van der Waals surface area contributed by atoms with Crippen LogP contribution in [-0.4, -0.2) is 48.7 Å². The van der Waals surface area contributed by atoms with Crippen LogP contribution in [0.3, 0.4) is 0 Å². The monoisotopic (exact) mass is 424 g/mol. The van der Waals surface area contributed by atoms with Gasteiger partial charge >= 0.3 is 18.7 Å². The summed E-state index contributed by atoms with van der Waals surface area (Å²) in [6.45, 7) is -0.312. The van der Waals surface area contributed by atoms with Crippen LogP contribution in [0.25, 0.3) is 0 Å². The number of piperidine rings is 1. The molecule has 0 spiro atoms. The number of nitrogens with one attached hydrogen (secondary N) is 3. The number of alkyl halides is 2. The number of anilines is 1. The molecule has 0 aromatic heterocycles. The number of para-hydroxylation sites is 1. The first-order valence-corrected chi connectivity index (χ1v) is 10.6. The van der Waals surface area contributed by atoms with Crippen LogP contribution in [0.15, 0.2) is 18.2 Å². The Balaban J connectivity index is 1.47. The first kappa shape index (κ1) is 22.1. The lowest BCUT2D eigenvalue weighted by Gasteiger charge is -2.33. The largest absolute Gasteiger partial charge is 0.433 e. The molecule has 1 saturated heterocycles. The fourth-order valence-electron chi connectivity index (χ4n) is 4.07. The topological polar surface area (TPSA) is 82.7 Å². The van der Waals surface area contributed by atoms with Gasteiger partial charge in [-0.2, -0.15) is 8.78 Å². The Morgan fingerprint density at radius 3 is 2.30 bits per heavy atom. The number of rotatable bonds is 5. The molecule has 0 radical (unpaired) electrons. The smallest absolute Gasteiger partial charge is 0.387 e. The van der Waals surface area contributed by atoms with Gasteiger partial charge in [0.25, 0.3) is 0 Å². The number of urea groups is 2. The molecule has 1 aliphatic heterocycles. The van der Waals surface area contributed by atoms with Gasteiger partial charge in [0.1, 0.15) is 5.75 Å². The zero-order valence-corrected chi connectivity index (χ0v) is 17.3. The van der Waals surface area contributed by atoms with Gasteiger partial charge in [0, 0.05) is 25.2 Å². The van der Waals surface area contributed by atoms with E-state index in [0.29, 0.717) is 31.5 Å². The van der Waals surface area contributed by atoms with Gasteiger partial charge in [-0.3, -0.25) is 0 Å². The Bertz CT molecular complexity index is 733. The quantitative estimate of drug-likeness (QED) is 0.662. The van der Waals surface area contributed by atoms with Gasteiger partial charge in [0.15, 0.2) is 0 Å². The van der Waals surface area contributed by atoms with Crippen LogP contribution in [0.2, 0.25) is 0 Å². The molecule has 2 aliphatic rings. The van der Waals surface area contributed by atoms with E-state index < -0.39 is 6.61 Å². The summed E-state index contributed by atoms with van der Waals surface area (Å²) in [4.78, 5) is 26.5. The first-order chi connectivity index (χ1) is 14.4. The number of hydrogen-bond donors (Lipinski definition) is 3. The predicted octanol–water partition coefficient (Wildman–Crippen LogP) is 4.22. The molecular weight excluding hydrogens is 394 g/mol. The van der Waals surface area contributed by atoms with E-state index in [2.05, 4.69) is 20.7 Å². The SMILES string of the molecule is Cc1cccc(OC(F)F)c1NC(=O)N1CCC(NC(=O)NC2CCCCC2)CC1. The molecular formula is C21H30F2N4O3. The second kappa shape index (κ2) is 10.4. The Morgan fingerprint density at radius 2 is 1.67 bits per heavy atom. The van der Waals surface area contributed by atoms with Crippen molar-refractivity contribution in [3.05, 3.63) is 23.8 Å². The summed E-state index contributed by atoms with van der Waals surface area (Å²) in [6.07, 6.45) is 6.88. The first-order valence-electron chi connectivity index (χ1n) is 10.6. The van der Waals surface area contributed by atoms with E-state index in [-0.39, 0.29) is 35.6 Å². The summed E-state index contributed by atoms with van der Waals surface area (Å²) >= 11 is 0. The number of benzene rings is 1. The lowest BCUT2D eigenvalue weighted by atomic mass is 9.96. The van der Waals surface area contributed by atoms with Crippen molar-refractivity contribution in [1.29, 1.82) is 0 Å². The van der Waals surface area contributed by atoms with Crippen molar-refractivity contribution < 1.29 is 23.1 Å². The van der Waals surface area contributed by atoms with Gasteiger partial charge in [-0.1, -0.05) is 31.4 Å². The third-order valence-corrected chi connectivity index (χ3v) is 5.74. The Hall–Kier alpha value is -2.58. The standard InChI is InChI=1S/C21H30F2N4O3/c1-14-6-5-9-17(30-19(22)23)18(14)26-21(29)27-12-10-16(11-13-27)25-20(28)24-15-7-3-2-4-8-15/h5-6,9,15-16,19H,2-4,7-8,10-13H2,1H3,(H,26,29)(H2,24,25,28). The second-order valence-corrected chi connectivity index (χ2v) is 7.97. The van der Waals surface area contributed by atoms with Gasteiger partial charge in [-0.25, -0.2) is 9.59 Å². The minimum Gasteiger partial charge on any atom is -0.433 e. The molecule has 0 unspecified atom stereocenters. The normalized spacial score (nSPS) is 18.2. The van der Waals surface area contributed by atoms with Crippen LogP contribution in [0.5, 0.6) is 5.75 Å². The molecule has 1 aromatic rings. The van der Waals surface area contributed by atoms with E-state index in [1.54, 1.807) is 24.0 Å². The Labute approximate surface area is 175 Å². The molecule has 1 saturated carbocycles. The fourth-order valence-corrected chi connectivity index (χ4v) is 4.07. The molecule has 30 heavy (non-hydrogen) atoms. The molecule has 166 valence electrons. The third kappa shape index (κ3) is 6.21. The molecule has 1 aromatic carbocycles. The van der Waals surface area contributed by atoms with Crippen molar-refractivity contribution in [3.8, 4) is 5.75 Å². The highest BCUT2D eigenvalue weighted by Gasteiger charge is 2.26. The van der Waals surface area contributed by atoms with Crippen LogP contribution in [-0.2, 0) is 0 Å². The van der Waals surface area contributed by atoms with Crippen molar-refractivity contribution in [3.63, 3.8) is 0 Å². The van der Waals surface area contributed by atoms with Crippen LogP contribution < -0.4 is 20.7 Å². The zero-order chi connectivity index (χ0) is 21.5. The van der Waals surface area contributed by atoms with Crippen molar-refractivity contribution >= 4 is 17.7 Å². The predicted molar refractivity (Wildman–Crippen MR) is 110 cm³/mol. The minimum atomic E-state index is -2.97.